The summed E-state index contributed by atoms with van der Waals surface area (Å²) in [6, 6.07) is 2.45. The fraction of sp³-hybridized carbons (Fsp3) is 0.188. The van der Waals surface area contributed by atoms with Gasteiger partial charge in [-0.3, -0.25) is 4.79 Å². The number of methoxy groups -OCH3 is 3. The van der Waals surface area contributed by atoms with E-state index in [1.165, 1.54) is 27.4 Å². The molecule has 2 aromatic carbocycles. The number of phenolic OH excluding ortho intramolecular Hbond substituents is 3. The Labute approximate surface area is 135 Å². The van der Waals surface area contributed by atoms with Gasteiger partial charge in [0, 0.05) is 0 Å². The number of ether oxygens (including phenoxy) is 3. The number of hydrogen-bond donors (Lipinski definition) is 3. The van der Waals surface area contributed by atoms with Gasteiger partial charge in [0.25, 0.3) is 0 Å². The summed E-state index contributed by atoms with van der Waals surface area (Å²) in [5.74, 6) is -1.61. The van der Waals surface area contributed by atoms with Crippen molar-refractivity contribution in [1.29, 1.82) is 0 Å². The summed E-state index contributed by atoms with van der Waals surface area (Å²) in [4.78, 5) is 12.8. The fourth-order valence-corrected chi connectivity index (χ4v) is 2.60. The third kappa shape index (κ3) is 1.89. The SMILES string of the molecule is COc1c(OC)c(OC)c2c(=O)c3ccc(O)c(O)c3oc2c1O. The molecule has 126 valence electrons. The molecule has 1 aromatic heterocycles. The van der Waals surface area contributed by atoms with Gasteiger partial charge in [0.05, 0.1) is 26.7 Å². The lowest BCUT2D eigenvalue weighted by molar-refractivity contribution is 0.312. The molecule has 0 saturated carbocycles. The van der Waals surface area contributed by atoms with Crippen LogP contribution in [0.2, 0.25) is 0 Å². The molecule has 0 aliphatic rings. The van der Waals surface area contributed by atoms with Gasteiger partial charge >= 0.3 is 0 Å². The van der Waals surface area contributed by atoms with Crippen molar-refractivity contribution in [1.82, 2.24) is 0 Å². The van der Waals surface area contributed by atoms with E-state index in [0.29, 0.717) is 0 Å². The molecule has 1 heterocycles. The Balaban J connectivity index is 2.66. The molecule has 24 heavy (non-hydrogen) atoms. The highest BCUT2D eigenvalue weighted by Crippen LogP contribution is 2.50. The van der Waals surface area contributed by atoms with Crippen LogP contribution in [0.15, 0.2) is 21.3 Å². The summed E-state index contributed by atoms with van der Waals surface area (Å²) < 4.78 is 21.0. The monoisotopic (exact) mass is 334 g/mol. The van der Waals surface area contributed by atoms with Gasteiger partial charge in [-0.25, -0.2) is 0 Å². The van der Waals surface area contributed by atoms with Crippen LogP contribution in [-0.2, 0) is 0 Å². The zero-order chi connectivity index (χ0) is 17.6. The predicted molar refractivity (Wildman–Crippen MR) is 84.6 cm³/mol. The Morgan fingerprint density at radius 2 is 1.46 bits per heavy atom. The molecule has 8 heteroatoms. The van der Waals surface area contributed by atoms with Crippen molar-refractivity contribution in [3.8, 4) is 34.5 Å². The molecule has 0 fully saturated rings. The molecular weight excluding hydrogens is 320 g/mol. The van der Waals surface area contributed by atoms with E-state index >= 15 is 0 Å². The Bertz CT molecular complexity index is 1020. The van der Waals surface area contributed by atoms with Crippen molar-refractivity contribution >= 4 is 21.9 Å². The van der Waals surface area contributed by atoms with Crippen LogP contribution in [-0.4, -0.2) is 36.6 Å². The van der Waals surface area contributed by atoms with Crippen LogP contribution in [0.1, 0.15) is 0 Å². The van der Waals surface area contributed by atoms with Crippen molar-refractivity contribution in [2.24, 2.45) is 0 Å². The highest BCUT2D eigenvalue weighted by atomic mass is 16.5. The Morgan fingerprint density at radius 3 is 2.04 bits per heavy atom. The normalized spacial score (nSPS) is 11.0. The largest absolute Gasteiger partial charge is 0.504 e. The summed E-state index contributed by atoms with van der Waals surface area (Å²) in [6.45, 7) is 0. The van der Waals surface area contributed by atoms with Gasteiger partial charge in [-0.1, -0.05) is 0 Å². The third-order valence-electron chi connectivity index (χ3n) is 3.70. The lowest BCUT2D eigenvalue weighted by Gasteiger charge is -2.16. The van der Waals surface area contributed by atoms with E-state index < -0.39 is 22.7 Å². The molecule has 0 aliphatic heterocycles. The Kier molecular flexibility index (Phi) is 3.52. The molecule has 0 spiro atoms. The number of rotatable bonds is 3. The average molecular weight is 334 g/mol. The Morgan fingerprint density at radius 1 is 0.833 bits per heavy atom. The van der Waals surface area contributed by atoms with Crippen LogP contribution < -0.4 is 19.6 Å². The van der Waals surface area contributed by atoms with E-state index in [0.717, 1.165) is 6.07 Å². The summed E-state index contributed by atoms with van der Waals surface area (Å²) in [7, 11) is 3.95. The lowest BCUT2D eigenvalue weighted by atomic mass is 10.1. The number of aromatic hydroxyl groups is 3. The van der Waals surface area contributed by atoms with Gasteiger partial charge in [-0.15, -0.1) is 0 Å². The van der Waals surface area contributed by atoms with E-state index in [4.69, 9.17) is 18.6 Å². The summed E-state index contributed by atoms with van der Waals surface area (Å²) in [5, 5.41) is 29.8. The van der Waals surface area contributed by atoms with Crippen LogP contribution in [0.4, 0.5) is 0 Å². The van der Waals surface area contributed by atoms with E-state index in [1.807, 2.05) is 0 Å². The Hall–Kier alpha value is -3.29. The average Bonchev–Trinajstić information content (AvgIpc) is 2.58. The number of phenols is 3. The lowest BCUT2D eigenvalue weighted by Crippen LogP contribution is -2.06. The maximum atomic E-state index is 12.8. The molecule has 3 aromatic rings. The van der Waals surface area contributed by atoms with Crippen LogP contribution in [0.25, 0.3) is 21.9 Å². The maximum absolute atomic E-state index is 12.8. The molecule has 0 bridgehead atoms. The molecule has 0 unspecified atom stereocenters. The summed E-state index contributed by atoms with van der Waals surface area (Å²) >= 11 is 0. The molecule has 0 amide bonds. The second-order valence-corrected chi connectivity index (χ2v) is 4.89. The predicted octanol–water partition coefficient (Wildman–Crippen LogP) is 2.09. The minimum Gasteiger partial charge on any atom is -0.504 e. The quantitative estimate of drug-likeness (QED) is 0.492. The zero-order valence-electron chi connectivity index (χ0n) is 13.0. The summed E-state index contributed by atoms with van der Waals surface area (Å²) in [5.41, 5.74) is -1.10. The van der Waals surface area contributed by atoms with E-state index in [2.05, 4.69) is 0 Å². The van der Waals surface area contributed by atoms with Crippen molar-refractivity contribution in [3.05, 3.63) is 22.4 Å². The van der Waals surface area contributed by atoms with Crippen LogP contribution in [0.3, 0.4) is 0 Å². The second-order valence-electron chi connectivity index (χ2n) is 4.89. The minimum absolute atomic E-state index is 0.00252. The first-order valence-electron chi connectivity index (χ1n) is 6.78. The highest BCUT2D eigenvalue weighted by Gasteiger charge is 2.27. The van der Waals surface area contributed by atoms with Crippen molar-refractivity contribution in [2.45, 2.75) is 0 Å². The second kappa shape index (κ2) is 5.41. The van der Waals surface area contributed by atoms with Crippen molar-refractivity contribution in [2.75, 3.05) is 21.3 Å². The van der Waals surface area contributed by atoms with Gasteiger partial charge in [-0.05, 0) is 12.1 Å². The third-order valence-corrected chi connectivity index (χ3v) is 3.70. The first-order valence-corrected chi connectivity index (χ1v) is 6.78. The maximum Gasteiger partial charge on any atom is 0.211 e. The number of benzene rings is 2. The topological polar surface area (TPSA) is 119 Å². The summed E-state index contributed by atoms with van der Waals surface area (Å²) in [6.07, 6.45) is 0. The van der Waals surface area contributed by atoms with Crippen LogP contribution in [0.5, 0.6) is 34.5 Å². The smallest absolute Gasteiger partial charge is 0.211 e. The van der Waals surface area contributed by atoms with Gasteiger partial charge in [0.15, 0.2) is 22.7 Å². The van der Waals surface area contributed by atoms with Crippen LogP contribution >= 0.6 is 0 Å². The van der Waals surface area contributed by atoms with Gasteiger partial charge < -0.3 is 33.9 Å². The van der Waals surface area contributed by atoms with Gasteiger partial charge in [-0.2, -0.15) is 0 Å². The first-order chi connectivity index (χ1) is 11.5. The number of fused-ring (bicyclic) bond motifs is 2. The van der Waals surface area contributed by atoms with Crippen molar-refractivity contribution in [3.63, 3.8) is 0 Å². The van der Waals surface area contributed by atoms with E-state index in [1.54, 1.807) is 0 Å². The van der Waals surface area contributed by atoms with Gasteiger partial charge in [0.2, 0.25) is 28.4 Å². The molecule has 3 N–H and O–H groups in total. The standard InChI is InChI=1S/C16H14O8/c1-21-14-8-9(18)6-4-5-7(17)10(19)12(6)24-13(8)11(20)15(22-2)16(14)23-3/h4-5,17,19-20H,1-3H3. The highest BCUT2D eigenvalue weighted by molar-refractivity contribution is 6.01. The van der Waals surface area contributed by atoms with Crippen LogP contribution in [0, 0.1) is 0 Å². The molecule has 0 radical (unpaired) electrons. The molecular formula is C16H14O8. The van der Waals surface area contributed by atoms with E-state index in [-0.39, 0.29) is 39.2 Å². The molecule has 0 saturated heterocycles. The molecule has 3 rings (SSSR count). The fourth-order valence-electron chi connectivity index (χ4n) is 2.60. The first kappa shape index (κ1) is 15.6. The number of hydrogen-bond acceptors (Lipinski definition) is 8. The molecule has 0 atom stereocenters. The molecule has 0 aliphatic carbocycles. The van der Waals surface area contributed by atoms with Crippen molar-refractivity contribution < 1.29 is 33.9 Å². The minimum atomic E-state index is -0.611. The van der Waals surface area contributed by atoms with Gasteiger partial charge in [0.1, 0.15) is 5.39 Å². The zero-order valence-corrected chi connectivity index (χ0v) is 13.0. The van der Waals surface area contributed by atoms with E-state index in [9.17, 15) is 20.1 Å². The molecule has 8 nitrogen and oxygen atoms in total.